The molecule has 51 heavy (non-hydrogen) atoms. The summed E-state index contributed by atoms with van der Waals surface area (Å²) in [5.41, 5.74) is 12.9. The number of fused-ring (bicyclic) bond motifs is 2. The smallest absolute Gasteiger partial charge is 0.0540 e. The zero-order chi connectivity index (χ0) is 34.0. The average Bonchev–Trinajstić information content (AvgIpc) is 3.21. The Morgan fingerprint density at radius 3 is 1.61 bits per heavy atom. The maximum Gasteiger partial charge on any atom is 0.0540 e. The van der Waals surface area contributed by atoms with Crippen LogP contribution in [-0.4, -0.2) is 0 Å². The van der Waals surface area contributed by atoms with E-state index in [2.05, 4.69) is 217 Å². The van der Waals surface area contributed by atoms with Crippen molar-refractivity contribution < 1.29 is 0 Å². The molecule has 0 unspecified atom stereocenters. The van der Waals surface area contributed by atoms with E-state index < -0.39 is 0 Å². The Labute approximate surface area is 299 Å². The predicted molar refractivity (Wildman–Crippen MR) is 218 cm³/mol. The van der Waals surface area contributed by atoms with Gasteiger partial charge in [-0.3, -0.25) is 0 Å². The molecule has 0 saturated carbocycles. The molecule has 9 aromatic carbocycles. The Kier molecular flexibility index (Phi) is 7.92. The van der Waals surface area contributed by atoms with E-state index in [1.54, 1.807) is 0 Å². The standard InChI is InChI=1S/C50H35N/c1-2-16-37(17-3-1)46-26-8-9-27-48(46)49-28-10-11-30-50(49)51(43-23-12-21-40(34-43)41-32-31-36-15-4-5-19-39(36)33-41)44-24-13-22-42(35-44)47-29-14-20-38-18-6-7-25-45(38)47/h1-35H. The first kappa shape index (κ1) is 30.4. The molecule has 0 spiro atoms. The quantitative estimate of drug-likeness (QED) is 0.166. The number of hydrogen-bond donors (Lipinski definition) is 0. The highest BCUT2D eigenvalue weighted by Crippen LogP contribution is 2.45. The summed E-state index contributed by atoms with van der Waals surface area (Å²) < 4.78 is 0. The van der Waals surface area contributed by atoms with Crippen LogP contribution in [0.5, 0.6) is 0 Å². The number of benzene rings is 9. The Morgan fingerprint density at radius 2 is 0.784 bits per heavy atom. The molecular weight excluding hydrogens is 615 g/mol. The fourth-order valence-electron chi connectivity index (χ4n) is 7.39. The molecule has 0 aromatic heterocycles. The third-order valence-corrected chi connectivity index (χ3v) is 9.84. The topological polar surface area (TPSA) is 3.24 Å². The summed E-state index contributed by atoms with van der Waals surface area (Å²) in [7, 11) is 0. The van der Waals surface area contributed by atoms with Gasteiger partial charge in [0.2, 0.25) is 0 Å². The van der Waals surface area contributed by atoms with Crippen molar-refractivity contribution in [2.45, 2.75) is 0 Å². The monoisotopic (exact) mass is 649 g/mol. The van der Waals surface area contributed by atoms with Crippen LogP contribution in [0, 0.1) is 0 Å². The Morgan fingerprint density at radius 1 is 0.255 bits per heavy atom. The van der Waals surface area contributed by atoms with Gasteiger partial charge in [0, 0.05) is 16.9 Å². The third-order valence-electron chi connectivity index (χ3n) is 9.84. The zero-order valence-electron chi connectivity index (χ0n) is 28.2. The van der Waals surface area contributed by atoms with Crippen molar-refractivity contribution >= 4 is 38.6 Å². The summed E-state index contributed by atoms with van der Waals surface area (Å²) in [6.45, 7) is 0. The number of hydrogen-bond acceptors (Lipinski definition) is 1. The first-order valence-electron chi connectivity index (χ1n) is 17.5. The largest absolute Gasteiger partial charge is 0.310 e. The predicted octanol–water partition coefficient (Wildman–Crippen LogP) is 14.1. The number of rotatable bonds is 7. The molecule has 1 nitrogen and oxygen atoms in total. The van der Waals surface area contributed by atoms with E-state index in [9.17, 15) is 0 Å². The second-order valence-electron chi connectivity index (χ2n) is 13.0. The molecule has 0 N–H and O–H groups in total. The molecule has 0 radical (unpaired) electrons. The minimum Gasteiger partial charge on any atom is -0.310 e. The summed E-state index contributed by atoms with van der Waals surface area (Å²) in [4.78, 5) is 2.43. The van der Waals surface area contributed by atoms with E-state index in [0.717, 1.165) is 17.1 Å². The van der Waals surface area contributed by atoms with E-state index in [0.29, 0.717) is 0 Å². The number of nitrogens with zero attached hydrogens (tertiary/aromatic N) is 1. The van der Waals surface area contributed by atoms with Crippen LogP contribution >= 0.6 is 0 Å². The van der Waals surface area contributed by atoms with Gasteiger partial charge in [0.1, 0.15) is 0 Å². The van der Waals surface area contributed by atoms with Crippen LogP contribution < -0.4 is 4.90 Å². The van der Waals surface area contributed by atoms with Crippen molar-refractivity contribution in [2.24, 2.45) is 0 Å². The molecular formula is C50H35N. The van der Waals surface area contributed by atoms with Gasteiger partial charge < -0.3 is 4.90 Å². The molecule has 0 aliphatic heterocycles. The first-order chi connectivity index (χ1) is 25.3. The van der Waals surface area contributed by atoms with Crippen molar-refractivity contribution in [1.29, 1.82) is 0 Å². The van der Waals surface area contributed by atoms with Crippen molar-refractivity contribution in [1.82, 2.24) is 0 Å². The van der Waals surface area contributed by atoms with Gasteiger partial charge >= 0.3 is 0 Å². The van der Waals surface area contributed by atoms with E-state index in [1.807, 2.05) is 0 Å². The van der Waals surface area contributed by atoms with E-state index in [4.69, 9.17) is 0 Å². The van der Waals surface area contributed by atoms with Crippen LogP contribution in [0.15, 0.2) is 212 Å². The minimum absolute atomic E-state index is 1.10. The lowest BCUT2D eigenvalue weighted by Crippen LogP contribution is -2.11. The molecule has 0 aliphatic rings. The zero-order valence-corrected chi connectivity index (χ0v) is 28.2. The highest BCUT2D eigenvalue weighted by molar-refractivity contribution is 5.99. The summed E-state index contributed by atoms with van der Waals surface area (Å²) in [6.07, 6.45) is 0. The molecule has 0 atom stereocenters. The average molecular weight is 650 g/mol. The molecule has 0 amide bonds. The van der Waals surface area contributed by atoms with Crippen LogP contribution in [0.1, 0.15) is 0 Å². The lowest BCUT2D eigenvalue weighted by molar-refractivity contribution is 1.28. The van der Waals surface area contributed by atoms with Crippen molar-refractivity contribution in [3.63, 3.8) is 0 Å². The van der Waals surface area contributed by atoms with E-state index in [1.165, 1.54) is 66.1 Å². The maximum absolute atomic E-state index is 2.43. The summed E-state index contributed by atoms with van der Waals surface area (Å²) in [5.74, 6) is 0. The van der Waals surface area contributed by atoms with Crippen LogP contribution in [0.2, 0.25) is 0 Å². The van der Waals surface area contributed by atoms with Gasteiger partial charge in [0.25, 0.3) is 0 Å². The van der Waals surface area contributed by atoms with Gasteiger partial charge in [0.15, 0.2) is 0 Å². The van der Waals surface area contributed by atoms with Crippen LogP contribution in [0.3, 0.4) is 0 Å². The highest BCUT2D eigenvalue weighted by Gasteiger charge is 2.20. The summed E-state index contributed by atoms with van der Waals surface area (Å²) >= 11 is 0. The van der Waals surface area contributed by atoms with Crippen LogP contribution in [-0.2, 0) is 0 Å². The maximum atomic E-state index is 2.43. The second-order valence-corrected chi connectivity index (χ2v) is 13.0. The number of para-hydroxylation sites is 1. The molecule has 0 aliphatic carbocycles. The lowest BCUT2D eigenvalue weighted by atomic mass is 9.92. The Bertz CT molecular complexity index is 2650. The second kappa shape index (κ2) is 13.3. The molecule has 0 bridgehead atoms. The fourth-order valence-corrected chi connectivity index (χ4v) is 7.39. The Hall–Kier alpha value is -6.70. The molecule has 240 valence electrons. The fraction of sp³-hybridized carbons (Fsp3) is 0. The van der Waals surface area contributed by atoms with Gasteiger partial charge in [-0.15, -0.1) is 0 Å². The molecule has 0 saturated heterocycles. The normalized spacial score (nSPS) is 11.1. The molecule has 1 heteroatoms. The van der Waals surface area contributed by atoms with Gasteiger partial charge in [0.05, 0.1) is 5.69 Å². The van der Waals surface area contributed by atoms with Crippen molar-refractivity contribution in [2.75, 3.05) is 4.90 Å². The molecule has 0 fully saturated rings. The van der Waals surface area contributed by atoms with Gasteiger partial charge in [-0.1, -0.05) is 176 Å². The van der Waals surface area contributed by atoms with E-state index >= 15 is 0 Å². The lowest BCUT2D eigenvalue weighted by Gasteiger charge is -2.29. The molecule has 9 rings (SSSR count). The van der Waals surface area contributed by atoms with Gasteiger partial charge in [-0.25, -0.2) is 0 Å². The molecule has 9 aromatic rings. The molecule has 0 heterocycles. The first-order valence-corrected chi connectivity index (χ1v) is 17.5. The summed E-state index contributed by atoms with van der Waals surface area (Å²) in [6, 6.07) is 76.7. The van der Waals surface area contributed by atoms with E-state index in [-0.39, 0.29) is 0 Å². The van der Waals surface area contributed by atoms with Crippen LogP contribution in [0.4, 0.5) is 17.1 Å². The highest BCUT2D eigenvalue weighted by atomic mass is 15.1. The van der Waals surface area contributed by atoms with Gasteiger partial charge in [-0.2, -0.15) is 0 Å². The number of anilines is 3. The Balaban J connectivity index is 1.25. The summed E-state index contributed by atoms with van der Waals surface area (Å²) in [5, 5.41) is 4.97. The van der Waals surface area contributed by atoms with Crippen LogP contribution in [0.25, 0.3) is 66.1 Å². The van der Waals surface area contributed by atoms with Crippen molar-refractivity contribution in [3.8, 4) is 44.5 Å². The third kappa shape index (κ3) is 5.86. The minimum atomic E-state index is 1.10. The van der Waals surface area contributed by atoms with Crippen molar-refractivity contribution in [3.05, 3.63) is 212 Å². The SMILES string of the molecule is c1ccc(-c2ccccc2-c2ccccc2N(c2cccc(-c3ccc4ccccc4c3)c2)c2cccc(-c3cccc4ccccc34)c2)cc1. The van der Waals surface area contributed by atoms with Gasteiger partial charge in [-0.05, 0) is 96.9 Å².